The maximum Gasteiger partial charge on any atom is 0.226 e. The van der Waals surface area contributed by atoms with Crippen LogP contribution in [0.2, 0.25) is 5.02 Å². The number of likely N-dealkylation sites (tertiary alicyclic amines) is 1. The zero-order valence-corrected chi connectivity index (χ0v) is 12.1. The molecule has 114 valence electrons. The fourth-order valence-electron chi connectivity index (χ4n) is 2.20. The molecule has 1 atom stereocenters. The maximum absolute atomic E-state index is 13.0. The van der Waals surface area contributed by atoms with Crippen LogP contribution in [0.1, 0.15) is 12.8 Å². The Morgan fingerprint density at radius 2 is 2.24 bits per heavy atom. The topological polar surface area (TPSA) is 72.6 Å². The summed E-state index contributed by atoms with van der Waals surface area (Å²) in [6.45, 7) is 1.07. The van der Waals surface area contributed by atoms with E-state index in [0.29, 0.717) is 25.3 Å². The minimum absolute atomic E-state index is 0.0253. The highest BCUT2D eigenvalue weighted by atomic mass is 35.5. The Kier molecular flexibility index (Phi) is 5.01. The number of nitrogens with two attached hydrogens (primary N) is 1. The number of hydrogen-bond acceptors (Lipinski definition) is 3. The van der Waals surface area contributed by atoms with E-state index in [1.165, 1.54) is 18.2 Å². The van der Waals surface area contributed by atoms with E-state index < -0.39 is 5.82 Å². The predicted octanol–water partition coefficient (Wildman–Crippen LogP) is 1.58. The molecule has 0 aromatic heterocycles. The molecule has 0 unspecified atom stereocenters. The summed E-state index contributed by atoms with van der Waals surface area (Å²) in [5, 5.41) is -0.0253. The van der Waals surface area contributed by atoms with Crippen molar-refractivity contribution in [1.29, 1.82) is 0 Å². The van der Waals surface area contributed by atoms with Gasteiger partial charge in [0.15, 0.2) is 0 Å². The van der Waals surface area contributed by atoms with Crippen molar-refractivity contribution in [2.75, 3.05) is 19.7 Å². The summed E-state index contributed by atoms with van der Waals surface area (Å²) in [6, 6.07) is 4.02. The molecule has 1 aromatic rings. The van der Waals surface area contributed by atoms with Gasteiger partial charge >= 0.3 is 0 Å². The first-order chi connectivity index (χ1) is 9.97. The molecule has 1 aromatic carbocycles. The van der Waals surface area contributed by atoms with Gasteiger partial charge in [0.25, 0.3) is 0 Å². The van der Waals surface area contributed by atoms with E-state index in [1.807, 2.05) is 0 Å². The minimum atomic E-state index is -0.519. The standard InChI is InChI=1S/C14H16ClFN2O3/c15-11-7-10(1-2-12(11)16)21-6-4-13(19)18-5-3-9(8-18)14(17)20/h1-2,7,9H,3-6,8H2,(H2,17,20)/t9-/m1/s1. The van der Waals surface area contributed by atoms with Gasteiger partial charge in [-0.05, 0) is 18.6 Å². The molecule has 1 aliphatic rings. The third kappa shape index (κ3) is 4.07. The zero-order valence-electron chi connectivity index (χ0n) is 11.4. The van der Waals surface area contributed by atoms with Crippen LogP contribution in [0.4, 0.5) is 4.39 Å². The second kappa shape index (κ2) is 6.76. The van der Waals surface area contributed by atoms with Crippen molar-refractivity contribution in [2.45, 2.75) is 12.8 Å². The Labute approximate surface area is 126 Å². The monoisotopic (exact) mass is 314 g/mol. The Morgan fingerprint density at radius 3 is 2.86 bits per heavy atom. The summed E-state index contributed by atoms with van der Waals surface area (Å²) in [7, 11) is 0. The van der Waals surface area contributed by atoms with Gasteiger partial charge in [0.2, 0.25) is 11.8 Å². The smallest absolute Gasteiger partial charge is 0.226 e. The van der Waals surface area contributed by atoms with Gasteiger partial charge in [0.1, 0.15) is 11.6 Å². The average molecular weight is 315 g/mol. The number of ether oxygens (including phenoxy) is 1. The third-order valence-corrected chi connectivity index (χ3v) is 3.71. The summed E-state index contributed by atoms with van der Waals surface area (Å²) in [6.07, 6.45) is 0.788. The van der Waals surface area contributed by atoms with Crippen molar-refractivity contribution in [3.05, 3.63) is 29.0 Å². The second-order valence-corrected chi connectivity index (χ2v) is 5.31. The number of carbonyl (C=O) groups excluding carboxylic acids is 2. The van der Waals surface area contributed by atoms with Crippen molar-refractivity contribution in [3.63, 3.8) is 0 Å². The molecule has 1 heterocycles. The number of halogens is 2. The van der Waals surface area contributed by atoms with Crippen LogP contribution in [0.5, 0.6) is 5.75 Å². The summed E-state index contributed by atoms with van der Waals surface area (Å²) in [5.74, 6) is -0.833. The van der Waals surface area contributed by atoms with Crippen LogP contribution in [0.25, 0.3) is 0 Å². The predicted molar refractivity (Wildman–Crippen MR) is 75.4 cm³/mol. The first-order valence-corrected chi connectivity index (χ1v) is 7.00. The molecule has 5 nitrogen and oxygen atoms in total. The SMILES string of the molecule is NC(=O)[C@@H]1CCN(C(=O)CCOc2ccc(F)c(Cl)c2)C1. The van der Waals surface area contributed by atoms with E-state index in [-0.39, 0.29) is 35.8 Å². The molecular weight excluding hydrogens is 299 g/mol. The normalized spacial score (nSPS) is 17.8. The summed E-state index contributed by atoms with van der Waals surface area (Å²) in [5.41, 5.74) is 5.22. The zero-order chi connectivity index (χ0) is 15.4. The number of hydrogen-bond donors (Lipinski definition) is 1. The van der Waals surface area contributed by atoms with Crippen LogP contribution < -0.4 is 10.5 Å². The van der Waals surface area contributed by atoms with E-state index in [0.717, 1.165) is 0 Å². The van der Waals surface area contributed by atoms with Gasteiger partial charge in [-0.15, -0.1) is 0 Å². The van der Waals surface area contributed by atoms with Gasteiger partial charge in [-0.2, -0.15) is 0 Å². The molecule has 0 spiro atoms. The highest BCUT2D eigenvalue weighted by Crippen LogP contribution is 2.21. The maximum atomic E-state index is 13.0. The number of nitrogens with zero attached hydrogens (tertiary/aromatic N) is 1. The molecule has 1 aliphatic heterocycles. The van der Waals surface area contributed by atoms with Gasteiger partial charge in [-0.1, -0.05) is 11.6 Å². The second-order valence-electron chi connectivity index (χ2n) is 4.90. The van der Waals surface area contributed by atoms with Crippen molar-refractivity contribution >= 4 is 23.4 Å². The fourth-order valence-corrected chi connectivity index (χ4v) is 2.37. The molecule has 1 saturated heterocycles. The molecule has 2 N–H and O–H groups in total. The largest absolute Gasteiger partial charge is 0.493 e. The molecule has 2 amide bonds. The van der Waals surface area contributed by atoms with Crippen LogP contribution in [0.3, 0.4) is 0 Å². The summed E-state index contributed by atoms with van der Waals surface area (Å²) in [4.78, 5) is 24.6. The molecule has 0 radical (unpaired) electrons. The highest BCUT2D eigenvalue weighted by Gasteiger charge is 2.29. The van der Waals surface area contributed by atoms with E-state index in [2.05, 4.69) is 0 Å². The Hall–Kier alpha value is -1.82. The lowest BCUT2D eigenvalue weighted by atomic mass is 10.1. The lowest BCUT2D eigenvalue weighted by Crippen LogP contribution is -2.32. The lowest BCUT2D eigenvalue weighted by Gasteiger charge is -2.16. The van der Waals surface area contributed by atoms with Crippen molar-refractivity contribution in [1.82, 2.24) is 4.90 Å². The van der Waals surface area contributed by atoms with Gasteiger partial charge in [0, 0.05) is 19.2 Å². The number of rotatable bonds is 5. The fraction of sp³-hybridized carbons (Fsp3) is 0.429. The van der Waals surface area contributed by atoms with Crippen LogP contribution >= 0.6 is 11.6 Å². The van der Waals surface area contributed by atoms with E-state index in [9.17, 15) is 14.0 Å². The lowest BCUT2D eigenvalue weighted by molar-refractivity contribution is -0.131. The number of carbonyl (C=O) groups is 2. The molecule has 7 heteroatoms. The number of benzene rings is 1. The number of primary amides is 1. The van der Waals surface area contributed by atoms with E-state index in [1.54, 1.807) is 4.90 Å². The van der Waals surface area contributed by atoms with Gasteiger partial charge in [-0.3, -0.25) is 9.59 Å². The molecule has 21 heavy (non-hydrogen) atoms. The Morgan fingerprint density at radius 1 is 1.48 bits per heavy atom. The highest BCUT2D eigenvalue weighted by molar-refractivity contribution is 6.30. The Bertz CT molecular complexity index is 553. The van der Waals surface area contributed by atoms with Gasteiger partial charge < -0.3 is 15.4 Å². The van der Waals surface area contributed by atoms with Gasteiger partial charge in [0.05, 0.1) is 24.0 Å². The van der Waals surface area contributed by atoms with Crippen molar-refractivity contribution in [2.24, 2.45) is 11.7 Å². The average Bonchev–Trinajstić information content (AvgIpc) is 2.92. The van der Waals surface area contributed by atoms with Crippen LogP contribution in [0, 0.1) is 11.7 Å². The molecule has 2 rings (SSSR count). The molecule has 0 bridgehead atoms. The Balaban J connectivity index is 1.77. The molecule has 0 aliphatic carbocycles. The van der Waals surface area contributed by atoms with Gasteiger partial charge in [-0.25, -0.2) is 4.39 Å². The van der Waals surface area contributed by atoms with Crippen LogP contribution in [0.15, 0.2) is 18.2 Å². The van der Waals surface area contributed by atoms with Crippen molar-refractivity contribution in [3.8, 4) is 5.75 Å². The quantitative estimate of drug-likeness (QED) is 0.897. The summed E-state index contributed by atoms with van der Waals surface area (Å²) >= 11 is 5.63. The molecule has 0 saturated carbocycles. The van der Waals surface area contributed by atoms with Crippen LogP contribution in [-0.2, 0) is 9.59 Å². The van der Waals surface area contributed by atoms with E-state index >= 15 is 0 Å². The number of amides is 2. The molecule has 1 fully saturated rings. The van der Waals surface area contributed by atoms with Crippen molar-refractivity contribution < 1.29 is 18.7 Å². The van der Waals surface area contributed by atoms with Crippen LogP contribution in [-0.4, -0.2) is 36.4 Å². The third-order valence-electron chi connectivity index (χ3n) is 3.42. The minimum Gasteiger partial charge on any atom is -0.493 e. The van der Waals surface area contributed by atoms with E-state index in [4.69, 9.17) is 22.1 Å². The molecular formula is C14H16ClFN2O3. The summed E-state index contributed by atoms with van der Waals surface area (Å²) < 4.78 is 18.3. The first-order valence-electron chi connectivity index (χ1n) is 6.62. The first kappa shape index (κ1) is 15.6.